The van der Waals surface area contributed by atoms with Crippen molar-refractivity contribution in [3.8, 4) is 0 Å². The Kier molecular flexibility index (Phi) is 4.40. The molecule has 0 spiro atoms. The fourth-order valence-corrected chi connectivity index (χ4v) is 2.31. The number of nitrogens with one attached hydrogen (secondary N) is 1. The van der Waals surface area contributed by atoms with Crippen molar-refractivity contribution in [1.82, 2.24) is 9.88 Å². The zero-order valence-electron chi connectivity index (χ0n) is 9.70. The van der Waals surface area contributed by atoms with Gasteiger partial charge in [0.05, 0.1) is 16.6 Å². The minimum absolute atomic E-state index is 0.152. The van der Waals surface area contributed by atoms with Crippen LogP contribution < -0.4 is 11.1 Å². The van der Waals surface area contributed by atoms with Crippen LogP contribution >= 0.6 is 23.2 Å². The summed E-state index contributed by atoms with van der Waals surface area (Å²) in [7, 11) is 0. The summed E-state index contributed by atoms with van der Waals surface area (Å²) >= 11 is 11.6. The van der Waals surface area contributed by atoms with Gasteiger partial charge in [-0.2, -0.15) is 0 Å². The zero-order chi connectivity index (χ0) is 13.1. The van der Waals surface area contributed by atoms with E-state index in [1.807, 2.05) is 4.90 Å². The van der Waals surface area contributed by atoms with E-state index in [2.05, 4.69) is 10.3 Å². The second-order valence-corrected chi connectivity index (χ2v) is 5.16. The number of carbonyl (C=O) groups excluding carboxylic acids is 1. The molecule has 0 aliphatic carbocycles. The third kappa shape index (κ3) is 3.55. The number of pyridine rings is 1. The van der Waals surface area contributed by atoms with Gasteiger partial charge < -0.3 is 11.1 Å². The molecule has 2 heterocycles. The van der Waals surface area contributed by atoms with Crippen LogP contribution in [-0.2, 0) is 4.79 Å². The highest BCUT2D eigenvalue weighted by Crippen LogP contribution is 2.22. The summed E-state index contributed by atoms with van der Waals surface area (Å²) < 4.78 is 0. The first-order valence-corrected chi connectivity index (χ1v) is 6.39. The SMILES string of the molecule is N[C@@H]1CCN(CC(=O)Nc2ncc(Cl)cc2Cl)C1. The van der Waals surface area contributed by atoms with Crippen molar-refractivity contribution in [2.75, 3.05) is 25.0 Å². The van der Waals surface area contributed by atoms with E-state index >= 15 is 0 Å². The first-order valence-electron chi connectivity index (χ1n) is 5.63. The Morgan fingerprint density at radius 1 is 1.61 bits per heavy atom. The predicted octanol–water partition coefficient (Wildman–Crippen LogP) is 1.36. The normalized spacial score (nSPS) is 20.1. The van der Waals surface area contributed by atoms with Crippen molar-refractivity contribution < 1.29 is 4.79 Å². The maximum atomic E-state index is 11.8. The molecule has 1 aliphatic heterocycles. The number of rotatable bonds is 3. The topological polar surface area (TPSA) is 71.2 Å². The minimum Gasteiger partial charge on any atom is -0.326 e. The fraction of sp³-hybridized carbons (Fsp3) is 0.455. The van der Waals surface area contributed by atoms with Crippen molar-refractivity contribution in [3.63, 3.8) is 0 Å². The molecule has 0 radical (unpaired) electrons. The van der Waals surface area contributed by atoms with Crippen molar-refractivity contribution in [2.45, 2.75) is 12.5 Å². The van der Waals surface area contributed by atoms with Crippen LogP contribution in [0, 0.1) is 0 Å². The van der Waals surface area contributed by atoms with E-state index < -0.39 is 0 Å². The lowest BCUT2D eigenvalue weighted by molar-refractivity contribution is -0.117. The average molecular weight is 289 g/mol. The van der Waals surface area contributed by atoms with Crippen LogP contribution in [0.3, 0.4) is 0 Å². The summed E-state index contributed by atoms with van der Waals surface area (Å²) in [6, 6.07) is 1.70. The monoisotopic (exact) mass is 288 g/mol. The number of nitrogens with two attached hydrogens (primary N) is 1. The lowest BCUT2D eigenvalue weighted by Crippen LogP contribution is -2.33. The van der Waals surface area contributed by atoms with Gasteiger partial charge in [-0.05, 0) is 12.5 Å². The van der Waals surface area contributed by atoms with Crippen molar-refractivity contribution in [2.24, 2.45) is 5.73 Å². The second-order valence-electron chi connectivity index (χ2n) is 4.32. The third-order valence-electron chi connectivity index (χ3n) is 2.74. The molecule has 3 N–H and O–H groups in total. The molecule has 0 unspecified atom stereocenters. The molecule has 2 rings (SSSR count). The minimum atomic E-state index is -0.152. The molecule has 0 bridgehead atoms. The molecular formula is C11H14Cl2N4O. The molecule has 1 aromatic heterocycles. The van der Waals surface area contributed by atoms with Crippen molar-refractivity contribution in [1.29, 1.82) is 0 Å². The number of nitrogens with zero attached hydrogens (tertiary/aromatic N) is 2. The number of amides is 1. The summed E-state index contributed by atoms with van der Waals surface area (Å²) in [5.41, 5.74) is 5.77. The predicted molar refractivity (Wildman–Crippen MR) is 71.9 cm³/mol. The summed E-state index contributed by atoms with van der Waals surface area (Å²) in [6.07, 6.45) is 2.36. The Bertz CT molecular complexity index is 455. The molecule has 98 valence electrons. The Morgan fingerprint density at radius 2 is 2.39 bits per heavy atom. The molecule has 1 fully saturated rings. The smallest absolute Gasteiger partial charge is 0.239 e. The van der Waals surface area contributed by atoms with E-state index in [1.165, 1.54) is 12.3 Å². The number of likely N-dealkylation sites (tertiary alicyclic amines) is 1. The number of anilines is 1. The highest BCUT2D eigenvalue weighted by atomic mass is 35.5. The molecule has 1 aromatic rings. The van der Waals surface area contributed by atoms with E-state index in [0.29, 0.717) is 22.4 Å². The molecule has 1 saturated heterocycles. The third-order valence-corrected chi connectivity index (χ3v) is 3.24. The zero-order valence-corrected chi connectivity index (χ0v) is 11.2. The van der Waals surface area contributed by atoms with Crippen LogP contribution in [0.25, 0.3) is 0 Å². The largest absolute Gasteiger partial charge is 0.326 e. The number of hydrogen-bond acceptors (Lipinski definition) is 4. The Labute approximate surface area is 115 Å². The van der Waals surface area contributed by atoms with E-state index in [-0.39, 0.29) is 11.9 Å². The number of aromatic nitrogens is 1. The van der Waals surface area contributed by atoms with Gasteiger partial charge >= 0.3 is 0 Å². The molecule has 7 heteroatoms. The molecule has 1 aliphatic rings. The number of halogens is 2. The lowest BCUT2D eigenvalue weighted by atomic mass is 10.3. The van der Waals surface area contributed by atoms with E-state index in [4.69, 9.17) is 28.9 Å². The Hall–Kier alpha value is -0.880. The van der Waals surface area contributed by atoms with Gasteiger partial charge in [0, 0.05) is 25.3 Å². The lowest BCUT2D eigenvalue weighted by Gasteiger charge is -2.14. The molecular weight excluding hydrogens is 275 g/mol. The van der Waals surface area contributed by atoms with Gasteiger partial charge in [0.2, 0.25) is 5.91 Å². The quantitative estimate of drug-likeness (QED) is 0.881. The van der Waals surface area contributed by atoms with Crippen molar-refractivity contribution in [3.05, 3.63) is 22.3 Å². The molecule has 18 heavy (non-hydrogen) atoms. The van der Waals surface area contributed by atoms with Crippen LogP contribution in [0.4, 0.5) is 5.82 Å². The van der Waals surface area contributed by atoms with Crippen LogP contribution in [0.2, 0.25) is 10.0 Å². The number of hydrogen-bond donors (Lipinski definition) is 2. The second kappa shape index (κ2) is 5.84. The van der Waals surface area contributed by atoms with E-state index in [0.717, 1.165) is 19.5 Å². The summed E-state index contributed by atoms with van der Waals surface area (Å²) in [5, 5.41) is 3.42. The summed E-state index contributed by atoms with van der Waals surface area (Å²) in [6.45, 7) is 1.89. The first kappa shape index (κ1) is 13.5. The van der Waals surface area contributed by atoms with Crippen LogP contribution in [0.15, 0.2) is 12.3 Å². The average Bonchev–Trinajstić information content (AvgIpc) is 2.68. The molecule has 1 amide bonds. The Balaban J connectivity index is 1.91. The van der Waals surface area contributed by atoms with Crippen LogP contribution in [0.1, 0.15) is 6.42 Å². The molecule has 5 nitrogen and oxygen atoms in total. The Morgan fingerprint density at radius 3 is 3.00 bits per heavy atom. The van der Waals surface area contributed by atoms with E-state index in [9.17, 15) is 4.79 Å². The fourth-order valence-electron chi connectivity index (χ4n) is 1.89. The van der Waals surface area contributed by atoms with Gasteiger partial charge in [0.25, 0.3) is 0 Å². The van der Waals surface area contributed by atoms with Gasteiger partial charge in [0.15, 0.2) is 5.82 Å². The maximum absolute atomic E-state index is 11.8. The van der Waals surface area contributed by atoms with Gasteiger partial charge in [-0.1, -0.05) is 23.2 Å². The van der Waals surface area contributed by atoms with Gasteiger partial charge in [-0.3, -0.25) is 9.69 Å². The molecule has 0 saturated carbocycles. The van der Waals surface area contributed by atoms with Gasteiger partial charge in [-0.25, -0.2) is 4.98 Å². The van der Waals surface area contributed by atoms with Gasteiger partial charge in [-0.15, -0.1) is 0 Å². The van der Waals surface area contributed by atoms with Crippen LogP contribution in [-0.4, -0.2) is 41.5 Å². The van der Waals surface area contributed by atoms with Crippen molar-refractivity contribution >= 4 is 34.9 Å². The summed E-state index contributed by atoms with van der Waals surface area (Å²) in [4.78, 5) is 17.8. The highest BCUT2D eigenvalue weighted by Gasteiger charge is 2.21. The maximum Gasteiger partial charge on any atom is 0.239 e. The first-order chi connectivity index (χ1) is 8.54. The molecule has 0 aromatic carbocycles. The summed E-state index contributed by atoms with van der Waals surface area (Å²) in [5.74, 6) is 0.176. The van der Waals surface area contributed by atoms with E-state index in [1.54, 1.807) is 0 Å². The standard InChI is InChI=1S/C11H14Cl2N4O/c12-7-3-9(13)11(15-4-7)16-10(18)6-17-2-1-8(14)5-17/h3-4,8H,1-2,5-6,14H2,(H,15,16,18)/t8-/m1/s1. The number of carbonyl (C=O) groups is 1. The highest BCUT2D eigenvalue weighted by molar-refractivity contribution is 6.36. The van der Waals surface area contributed by atoms with Crippen LogP contribution in [0.5, 0.6) is 0 Å². The molecule has 1 atom stereocenters. The van der Waals surface area contributed by atoms with Gasteiger partial charge in [0.1, 0.15) is 0 Å².